The Morgan fingerprint density at radius 1 is 1.05 bits per heavy atom. The molecule has 0 aliphatic heterocycles. The Hall–Kier alpha value is -1.57. The van der Waals surface area contributed by atoms with E-state index >= 15 is 0 Å². The minimum absolute atomic E-state index is 0.0103. The van der Waals surface area contributed by atoms with E-state index in [1.165, 1.54) is 36.4 Å². The van der Waals surface area contributed by atoms with Gasteiger partial charge in [-0.2, -0.15) is 13.2 Å². The van der Waals surface area contributed by atoms with Gasteiger partial charge in [0.25, 0.3) is 0 Å². The van der Waals surface area contributed by atoms with Gasteiger partial charge in [-0.05, 0) is 35.9 Å². The Bertz CT molecular complexity index is 758. The largest absolute Gasteiger partial charge is 0.416 e. The van der Waals surface area contributed by atoms with E-state index in [1.54, 1.807) is 0 Å². The molecule has 0 heterocycles. The average molecular weight is 350 g/mol. The number of nitrogens with one attached hydrogen (secondary N) is 1. The van der Waals surface area contributed by atoms with Crippen molar-refractivity contribution in [1.82, 2.24) is 4.72 Å². The van der Waals surface area contributed by atoms with Gasteiger partial charge in [-0.15, -0.1) is 0 Å². The lowest BCUT2D eigenvalue weighted by Gasteiger charge is -2.10. The Labute approximate surface area is 130 Å². The first-order valence-electron chi connectivity index (χ1n) is 6.10. The van der Waals surface area contributed by atoms with Gasteiger partial charge in [0.2, 0.25) is 10.0 Å². The summed E-state index contributed by atoms with van der Waals surface area (Å²) in [5.74, 6) is 0. The van der Waals surface area contributed by atoms with Gasteiger partial charge in [0.05, 0.1) is 10.5 Å². The summed E-state index contributed by atoms with van der Waals surface area (Å²) < 4.78 is 64.1. The average Bonchev–Trinajstić information content (AvgIpc) is 2.45. The van der Waals surface area contributed by atoms with E-state index in [1.807, 2.05) is 0 Å². The van der Waals surface area contributed by atoms with Gasteiger partial charge in [-0.3, -0.25) is 0 Å². The predicted octanol–water partition coefficient (Wildman–Crippen LogP) is 3.84. The third-order valence-electron chi connectivity index (χ3n) is 2.84. The highest BCUT2D eigenvalue weighted by atomic mass is 35.5. The van der Waals surface area contributed by atoms with Gasteiger partial charge < -0.3 is 0 Å². The summed E-state index contributed by atoms with van der Waals surface area (Å²) in [6, 6.07) is 9.95. The first kappa shape index (κ1) is 16.8. The van der Waals surface area contributed by atoms with Crippen molar-refractivity contribution in [2.45, 2.75) is 17.6 Å². The molecule has 2 aromatic rings. The quantitative estimate of drug-likeness (QED) is 0.911. The van der Waals surface area contributed by atoms with E-state index in [9.17, 15) is 21.6 Å². The van der Waals surface area contributed by atoms with Gasteiger partial charge in [0.1, 0.15) is 0 Å². The van der Waals surface area contributed by atoms with Gasteiger partial charge in [0.15, 0.2) is 0 Å². The smallest absolute Gasteiger partial charge is 0.207 e. The Balaban J connectivity index is 2.14. The number of halogens is 4. The molecule has 0 spiro atoms. The fraction of sp³-hybridized carbons (Fsp3) is 0.143. The molecule has 0 saturated heterocycles. The van der Waals surface area contributed by atoms with E-state index in [2.05, 4.69) is 4.72 Å². The second-order valence-corrected chi connectivity index (χ2v) is 6.68. The van der Waals surface area contributed by atoms with Crippen LogP contribution >= 0.6 is 11.6 Å². The monoisotopic (exact) mass is 349 g/mol. The molecular formula is C14H11ClF3NO2S. The van der Waals surface area contributed by atoms with Crippen LogP contribution in [0.25, 0.3) is 0 Å². The molecule has 0 aliphatic carbocycles. The summed E-state index contributed by atoms with van der Waals surface area (Å²) >= 11 is 5.67. The van der Waals surface area contributed by atoms with E-state index in [0.717, 1.165) is 12.1 Å². The van der Waals surface area contributed by atoms with Crippen molar-refractivity contribution in [3.63, 3.8) is 0 Å². The number of hydrogen-bond donors (Lipinski definition) is 1. The SMILES string of the molecule is O=S(=O)(NCc1cccc(C(F)(F)F)c1)c1ccc(Cl)cc1. The van der Waals surface area contributed by atoms with Crippen LogP contribution in [-0.4, -0.2) is 8.42 Å². The zero-order chi connectivity index (χ0) is 16.4. The number of sulfonamides is 1. The third-order valence-corrected chi connectivity index (χ3v) is 4.51. The normalized spacial score (nSPS) is 12.4. The highest BCUT2D eigenvalue weighted by molar-refractivity contribution is 7.89. The summed E-state index contributed by atoms with van der Waals surface area (Å²) in [4.78, 5) is -0.0103. The molecule has 118 valence electrons. The summed E-state index contributed by atoms with van der Waals surface area (Å²) in [5, 5.41) is 0.386. The van der Waals surface area contributed by atoms with Crippen LogP contribution < -0.4 is 4.72 Å². The van der Waals surface area contributed by atoms with Crippen molar-refractivity contribution in [3.05, 3.63) is 64.7 Å². The lowest BCUT2D eigenvalue weighted by molar-refractivity contribution is -0.137. The molecule has 8 heteroatoms. The van der Waals surface area contributed by atoms with E-state index in [0.29, 0.717) is 5.02 Å². The number of benzene rings is 2. The van der Waals surface area contributed by atoms with Crippen LogP contribution in [0.4, 0.5) is 13.2 Å². The molecule has 2 aromatic carbocycles. The maximum atomic E-state index is 12.6. The molecule has 0 aliphatic rings. The topological polar surface area (TPSA) is 46.2 Å². The fourth-order valence-electron chi connectivity index (χ4n) is 1.73. The number of alkyl halides is 3. The molecule has 0 saturated carbocycles. The zero-order valence-electron chi connectivity index (χ0n) is 11.1. The summed E-state index contributed by atoms with van der Waals surface area (Å²) in [6.45, 7) is -0.241. The van der Waals surface area contributed by atoms with Crippen LogP contribution in [0.2, 0.25) is 5.02 Å². The number of rotatable bonds is 4. The van der Waals surface area contributed by atoms with Gasteiger partial charge in [-0.1, -0.05) is 29.8 Å². The Morgan fingerprint density at radius 3 is 2.27 bits per heavy atom. The molecule has 0 amide bonds. The van der Waals surface area contributed by atoms with Crippen molar-refractivity contribution >= 4 is 21.6 Å². The molecular weight excluding hydrogens is 339 g/mol. The molecule has 0 bridgehead atoms. The summed E-state index contributed by atoms with van der Waals surface area (Å²) in [7, 11) is -3.81. The van der Waals surface area contributed by atoms with Gasteiger partial charge >= 0.3 is 6.18 Å². The second kappa shape index (κ2) is 6.28. The lowest BCUT2D eigenvalue weighted by atomic mass is 10.1. The van der Waals surface area contributed by atoms with E-state index < -0.39 is 21.8 Å². The van der Waals surface area contributed by atoms with Gasteiger partial charge in [-0.25, -0.2) is 13.1 Å². The molecule has 0 fully saturated rings. The van der Waals surface area contributed by atoms with Crippen molar-refractivity contribution < 1.29 is 21.6 Å². The molecule has 3 nitrogen and oxygen atoms in total. The van der Waals surface area contributed by atoms with Crippen molar-refractivity contribution in [1.29, 1.82) is 0 Å². The first-order valence-corrected chi connectivity index (χ1v) is 7.96. The van der Waals surface area contributed by atoms with Gasteiger partial charge in [0, 0.05) is 11.6 Å². The van der Waals surface area contributed by atoms with E-state index in [-0.39, 0.29) is 17.0 Å². The Kier molecular flexibility index (Phi) is 4.79. The molecule has 1 N–H and O–H groups in total. The molecule has 0 aromatic heterocycles. The highest BCUT2D eigenvalue weighted by Crippen LogP contribution is 2.29. The maximum absolute atomic E-state index is 12.6. The maximum Gasteiger partial charge on any atom is 0.416 e. The summed E-state index contributed by atoms with van der Waals surface area (Å²) in [6.07, 6.45) is -4.47. The molecule has 2 rings (SSSR count). The molecule has 0 unspecified atom stereocenters. The standard InChI is InChI=1S/C14H11ClF3NO2S/c15-12-4-6-13(7-5-12)22(20,21)19-9-10-2-1-3-11(8-10)14(16,17)18/h1-8,19H,9H2. The van der Waals surface area contributed by atoms with Crippen molar-refractivity contribution in [3.8, 4) is 0 Å². The molecule has 0 atom stereocenters. The minimum Gasteiger partial charge on any atom is -0.207 e. The first-order chi connectivity index (χ1) is 10.2. The third kappa shape index (κ3) is 4.22. The lowest BCUT2D eigenvalue weighted by Crippen LogP contribution is -2.23. The minimum atomic E-state index is -4.47. The molecule has 22 heavy (non-hydrogen) atoms. The van der Waals surface area contributed by atoms with Crippen molar-refractivity contribution in [2.75, 3.05) is 0 Å². The van der Waals surface area contributed by atoms with Crippen LogP contribution in [0.5, 0.6) is 0 Å². The van der Waals surface area contributed by atoms with Crippen LogP contribution in [0, 0.1) is 0 Å². The second-order valence-electron chi connectivity index (χ2n) is 4.48. The Morgan fingerprint density at radius 2 is 1.68 bits per heavy atom. The summed E-state index contributed by atoms with van der Waals surface area (Å²) in [5.41, 5.74) is -0.608. The van der Waals surface area contributed by atoms with Crippen LogP contribution in [-0.2, 0) is 22.7 Å². The van der Waals surface area contributed by atoms with Crippen LogP contribution in [0.15, 0.2) is 53.4 Å². The highest BCUT2D eigenvalue weighted by Gasteiger charge is 2.30. The van der Waals surface area contributed by atoms with E-state index in [4.69, 9.17) is 11.6 Å². The van der Waals surface area contributed by atoms with Crippen LogP contribution in [0.3, 0.4) is 0 Å². The fourth-order valence-corrected chi connectivity index (χ4v) is 2.88. The number of hydrogen-bond acceptors (Lipinski definition) is 2. The van der Waals surface area contributed by atoms with Crippen molar-refractivity contribution in [2.24, 2.45) is 0 Å². The van der Waals surface area contributed by atoms with Crippen LogP contribution in [0.1, 0.15) is 11.1 Å². The predicted molar refractivity (Wildman–Crippen MR) is 76.9 cm³/mol. The zero-order valence-corrected chi connectivity index (χ0v) is 12.6. The molecule has 0 radical (unpaired) electrons.